The van der Waals surface area contributed by atoms with Crippen molar-refractivity contribution in [2.45, 2.75) is 63.7 Å². The molecule has 4 aromatic rings. The van der Waals surface area contributed by atoms with Gasteiger partial charge < -0.3 is 24.8 Å². The van der Waals surface area contributed by atoms with Crippen LogP contribution in [0.15, 0.2) is 54.9 Å². The molecule has 1 atom stereocenters. The molecule has 1 aromatic carbocycles. The number of pyridine rings is 2. The number of piperazine rings is 1. The fourth-order valence-electron chi connectivity index (χ4n) is 7.52. The van der Waals surface area contributed by atoms with Gasteiger partial charge in [-0.15, -0.1) is 0 Å². The Hall–Kier alpha value is -3.37. The number of carbonyl (C=O) groups is 1. The molecular formula is C35H45N7O2. The third kappa shape index (κ3) is 6.38. The van der Waals surface area contributed by atoms with Gasteiger partial charge in [0.05, 0.1) is 22.9 Å². The molecule has 5 heterocycles. The monoisotopic (exact) mass is 595 g/mol. The van der Waals surface area contributed by atoms with Crippen molar-refractivity contribution < 1.29 is 9.53 Å². The lowest BCUT2D eigenvalue weighted by Gasteiger charge is -2.36. The van der Waals surface area contributed by atoms with Crippen molar-refractivity contribution in [2.75, 3.05) is 52.5 Å². The van der Waals surface area contributed by atoms with Crippen molar-refractivity contribution in [3.8, 4) is 0 Å². The van der Waals surface area contributed by atoms with Gasteiger partial charge in [-0.3, -0.25) is 19.7 Å². The van der Waals surface area contributed by atoms with Crippen molar-refractivity contribution in [1.29, 1.82) is 0 Å². The van der Waals surface area contributed by atoms with Gasteiger partial charge >= 0.3 is 0 Å². The van der Waals surface area contributed by atoms with E-state index in [1.165, 1.54) is 23.1 Å². The molecule has 1 aliphatic carbocycles. The second-order valence-corrected chi connectivity index (χ2v) is 12.6. The fourth-order valence-corrected chi connectivity index (χ4v) is 7.52. The number of carbonyl (C=O) groups excluding carboxylic acids is 1. The number of aryl methyl sites for hydroxylation is 1. The summed E-state index contributed by atoms with van der Waals surface area (Å²) in [5.74, 6) is 0.0487. The van der Waals surface area contributed by atoms with E-state index in [2.05, 4.69) is 67.5 Å². The third-order valence-electron chi connectivity index (χ3n) is 9.73. The minimum absolute atomic E-state index is 0.0487. The summed E-state index contributed by atoms with van der Waals surface area (Å²) < 4.78 is 7.71. The maximum Gasteiger partial charge on any atom is 0.240 e. The average Bonchev–Trinajstić information content (AvgIpc) is 3.39. The Morgan fingerprint density at radius 2 is 1.86 bits per heavy atom. The third-order valence-corrected chi connectivity index (χ3v) is 9.73. The molecule has 2 fully saturated rings. The van der Waals surface area contributed by atoms with Gasteiger partial charge in [0.15, 0.2) is 0 Å². The van der Waals surface area contributed by atoms with E-state index in [9.17, 15) is 4.79 Å². The van der Waals surface area contributed by atoms with Gasteiger partial charge in [0.1, 0.15) is 6.54 Å². The zero-order valence-corrected chi connectivity index (χ0v) is 25.7. The molecule has 232 valence electrons. The molecule has 3 aliphatic rings. The molecule has 9 nitrogen and oxygen atoms in total. The van der Waals surface area contributed by atoms with Gasteiger partial charge in [0.25, 0.3) is 0 Å². The van der Waals surface area contributed by atoms with Crippen LogP contribution in [0.2, 0.25) is 0 Å². The van der Waals surface area contributed by atoms with Gasteiger partial charge in [0, 0.05) is 87.2 Å². The SMILES string of the molecule is O=C(Cn1c2ccccc2c2ccnc(CN(CCCN3CCNCC3)[C@H]3CCCc4cccnc43)c21)NC1CCOCC1. The molecule has 44 heavy (non-hydrogen) atoms. The molecule has 0 radical (unpaired) electrons. The van der Waals surface area contributed by atoms with Crippen LogP contribution in [-0.2, 0) is 29.0 Å². The van der Waals surface area contributed by atoms with Gasteiger partial charge in [-0.05, 0) is 68.8 Å². The summed E-state index contributed by atoms with van der Waals surface area (Å²) in [4.78, 5) is 28.6. The van der Waals surface area contributed by atoms with Crippen LogP contribution >= 0.6 is 0 Å². The molecule has 2 saturated heterocycles. The lowest BCUT2D eigenvalue weighted by atomic mass is 9.90. The molecule has 0 spiro atoms. The van der Waals surface area contributed by atoms with Crippen LogP contribution in [-0.4, -0.2) is 88.8 Å². The lowest BCUT2D eigenvalue weighted by Crippen LogP contribution is -2.44. The first-order valence-corrected chi connectivity index (χ1v) is 16.6. The topological polar surface area (TPSA) is 87.6 Å². The number of hydrogen-bond acceptors (Lipinski definition) is 7. The van der Waals surface area contributed by atoms with Gasteiger partial charge in [-0.1, -0.05) is 24.3 Å². The number of fused-ring (bicyclic) bond motifs is 4. The quantitative estimate of drug-likeness (QED) is 0.286. The molecule has 1 amide bonds. The summed E-state index contributed by atoms with van der Waals surface area (Å²) in [5.41, 5.74) is 5.78. The van der Waals surface area contributed by atoms with Crippen molar-refractivity contribution >= 4 is 27.7 Å². The van der Waals surface area contributed by atoms with Crippen molar-refractivity contribution in [1.82, 2.24) is 35.0 Å². The summed E-state index contributed by atoms with van der Waals surface area (Å²) in [6, 6.07) is 15.3. The minimum atomic E-state index is 0.0487. The van der Waals surface area contributed by atoms with Crippen molar-refractivity contribution in [3.63, 3.8) is 0 Å². The average molecular weight is 596 g/mol. The van der Waals surface area contributed by atoms with Crippen LogP contribution in [0.25, 0.3) is 21.8 Å². The van der Waals surface area contributed by atoms with Crippen LogP contribution in [0.5, 0.6) is 0 Å². The number of nitrogens with zero attached hydrogens (tertiary/aromatic N) is 5. The van der Waals surface area contributed by atoms with Crippen LogP contribution in [0.3, 0.4) is 0 Å². The molecule has 0 bridgehead atoms. The van der Waals surface area contributed by atoms with Crippen LogP contribution in [0.1, 0.15) is 55.1 Å². The highest BCUT2D eigenvalue weighted by atomic mass is 16.5. The second kappa shape index (κ2) is 13.7. The van der Waals surface area contributed by atoms with Crippen LogP contribution < -0.4 is 10.6 Å². The Balaban J connectivity index is 1.21. The molecule has 2 aliphatic heterocycles. The molecule has 2 N–H and O–H groups in total. The Kier molecular flexibility index (Phi) is 9.16. The van der Waals surface area contributed by atoms with E-state index in [1.807, 2.05) is 12.4 Å². The van der Waals surface area contributed by atoms with E-state index >= 15 is 0 Å². The maximum absolute atomic E-state index is 13.5. The van der Waals surface area contributed by atoms with Crippen molar-refractivity contribution in [3.05, 3.63) is 71.8 Å². The Labute approximate surface area is 260 Å². The number of para-hydroxylation sites is 1. The Morgan fingerprint density at radius 1 is 1.00 bits per heavy atom. The van der Waals surface area contributed by atoms with E-state index in [0.717, 1.165) is 100 Å². The summed E-state index contributed by atoms with van der Waals surface area (Å²) in [6.45, 7) is 8.86. The zero-order chi connectivity index (χ0) is 29.7. The van der Waals surface area contributed by atoms with Gasteiger partial charge in [0.2, 0.25) is 5.91 Å². The lowest BCUT2D eigenvalue weighted by molar-refractivity contribution is -0.122. The summed E-state index contributed by atoms with van der Waals surface area (Å²) in [7, 11) is 0. The van der Waals surface area contributed by atoms with Crippen LogP contribution in [0, 0.1) is 0 Å². The molecule has 7 rings (SSSR count). The summed E-state index contributed by atoms with van der Waals surface area (Å²) in [6.07, 6.45) is 10.1. The van der Waals surface area contributed by atoms with E-state index in [-0.39, 0.29) is 24.5 Å². The number of benzene rings is 1. The molecular weight excluding hydrogens is 550 g/mol. The van der Waals surface area contributed by atoms with E-state index in [4.69, 9.17) is 14.7 Å². The number of nitrogens with one attached hydrogen (secondary N) is 2. The van der Waals surface area contributed by atoms with Crippen LogP contribution in [0.4, 0.5) is 0 Å². The highest BCUT2D eigenvalue weighted by Gasteiger charge is 2.29. The summed E-state index contributed by atoms with van der Waals surface area (Å²) >= 11 is 0. The fraction of sp³-hybridized carbons (Fsp3) is 0.514. The largest absolute Gasteiger partial charge is 0.381 e. The number of ether oxygens (including phenoxy) is 1. The Bertz CT molecular complexity index is 1570. The smallest absolute Gasteiger partial charge is 0.240 e. The Morgan fingerprint density at radius 3 is 2.75 bits per heavy atom. The van der Waals surface area contributed by atoms with E-state index in [0.29, 0.717) is 13.2 Å². The first kappa shape index (κ1) is 29.3. The minimum Gasteiger partial charge on any atom is -0.381 e. The summed E-state index contributed by atoms with van der Waals surface area (Å²) in [5, 5.41) is 9.08. The number of hydrogen-bond donors (Lipinski definition) is 2. The molecule has 9 heteroatoms. The first-order chi connectivity index (χ1) is 21.7. The second-order valence-electron chi connectivity index (χ2n) is 12.6. The number of rotatable bonds is 10. The highest BCUT2D eigenvalue weighted by Crippen LogP contribution is 2.36. The van der Waals surface area contributed by atoms with E-state index in [1.54, 1.807) is 0 Å². The maximum atomic E-state index is 13.5. The normalized spacial score (nSPS) is 19.9. The van der Waals surface area contributed by atoms with Gasteiger partial charge in [-0.2, -0.15) is 0 Å². The first-order valence-electron chi connectivity index (χ1n) is 16.6. The predicted octanol–water partition coefficient (Wildman–Crippen LogP) is 4.05. The predicted molar refractivity (Wildman–Crippen MR) is 173 cm³/mol. The van der Waals surface area contributed by atoms with E-state index < -0.39 is 0 Å². The van der Waals surface area contributed by atoms with Crippen molar-refractivity contribution in [2.24, 2.45) is 0 Å². The molecule has 0 saturated carbocycles. The number of amides is 1. The number of aromatic nitrogens is 3. The zero-order valence-electron chi connectivity index (χ0n) is 25.7. The molecule has 3 aromatic heterocycles. The standard InChI is InChI=1S/C35H45N7O2/c43-33(39-27-12-22-44-23-13-27)25-42-31-9-2-1-8-28(31)29-11-15-37-30(35(29)42)24-41(19-5-18-40-20-16-36-17-21-40)32-10-3-6-26-7-4-14-38-34(26)32/h1-2,4,7-9,11,14-15,27,32,36H,3,5-6,10,12-13,16-25H2,(H,39,43)/t32-/m0/s1. The molecule has 0 unspecified atom stereocenters. The highest BCUT2D eigenvalue weighted by molar-refractivity contribution is 6.09. The van der Waals surface area contributed by atoms with Gasteiger partial charge in [-0.25, -0.2) is 0 Å².